The highest BCUT2D eigenvalue weighted by Crippen LogP contribution is 2.24. The Bertz CT molecular complexity index is 701. The summed E-state index contributed by atoms with van der Waals surface area (Å²) in [6.45, 7) is 6.48. The maximum atomic E-state index is 11.8. The van der Waals surface area contributed by atoms with Crippen LogP contribution in [0.25, 0.3) is 0 Å². The molecular weight excluding hydrogens is 353 g/mol. The van der Waals surface area contributed by atoms with Crippen LogP contribution in [0, 0.1) is 6.92 Å². The monoisotopic (exact) mass is 373 g/mol. The third kappa shape index (κ3) is 4.37. The molecule has 0 radical (unpaired) electrons. The van der Waals surface area contributed by atoms with Gasteiger partial charge in [-0.15, -0.1) is 12.4 Å². The van der Waals surface area contributed by atoms with Crippen molar-refractivity contribution in [1.29, 1.82) is 0 Å². The summed E-state index contributed by atoms with van der Waals surface area (Å²) in [7, 11) is 0. The van der Waals surface area contributed by atoms with Gasteiger partial charge in [0.1, 0.15) is 0 Å². The molecule has 1 unspecified atom stereocenters. The number of nitrogens with zero attached hydrogens (tertiary/aromatic N) is 2. The summed E-state index contributed by atoms with van der Waals surface area (Å²) >= 11 is 7.40. The number of aromatic nitrogens is 1. The first-order valence-electron chi connectivity index (χ1n) is 7.50. The molecule has 3 rings (SSSR count). The van der Waals surface area contributed by atoms with Crippen LogP contribution in [0.5, 0.6) is 0 Å². The number of halogens is 2. The Morgan fingerprint density at radius 3 is 2.91 bits per heavy atom. The largest absolute Gasteiger partial charge is 0.314 e. The predicted octanol–water partition coefficient (Wildman–Crippen LogP) is 2.94. The third-order valence-corrected chi connectivity index (χ3v) is 5.29. The highest BCUT2D eigenvalue weighted by molar-refractivity contribution is 7.07. The molecule has 1 fully saturated rings. The molecule has 126 valence electrons. The van der Waals surface area contributed by atoms with Crippen molar-refractivity contribution in [2.45, 2.75) is 19.5 Å². The molecule has 0 saturated carbocycles. The van der Waals surface area contributed by atoms with Gasteiger partial charge in [-0.05, 0) is 24.6 Å². The van der Waals surface area contributed by atoms with Gasteiger partial charge >= 0.3 is 4.87 Å². The molecule has 23 heavy (non-hydrogen) atoms. The second-order valence-electron chi connectivity index (χ2n) is 5.61. The van der Waals surface area contributed by atoms with E-state index in [9.17, 15) is 4.79 Å². The number of hydrogen-bond acceptors (Lipinski definition) is 4. The van der Waals surface area contributed by atoms with Crippen molar-refractivity contribution in [3.05, 3.63) is 55.6 Å². The van der Waals surface area contributed by atoms with E-state index in [1.165, 1.54) is 16.9 Å². The molecule has 1 N–H and O–H groups in total. The van der Waals surface area contributed by atoms with Crippen molar-refractivity contribution >= 4 is 35.3 Å². The summed E-state index contributed by atoms with van der Waals surface area (Å²) in [4.78, 5) is 14.4. The molecule has 1 atom stereocenters. The van der Waals surface area contributed by atoms with Gasteiger partial charge in [0, 0.05) is 54.9 Å². The standard InChI is InChI=1S/C16H20ClN3OS.ClH/c1-12-11-22-16(21)20(12)8-7-19-6-5-18-10-15(19)13-3-2-4-14(17)9-13;/h2-4,9,11,15,18H,5-8,10H2,1H3;1H. The lowest BCUT2D eigenvalue weighted by atomic mass is 10.0. The van der Waals surface area contributed by atoms with Gasteiger partial charge in [-0.25, -0.2) is 0 Å². The van der Waals surface area contributed by atoms with Gasteiger partial charge in [0.25, 0.3) is 0 Å². The van der Waals surface area contributed by atoms with Crippen molar-refractivity contribution < 1.29 is 0 Å². The third-order valence-electron chi connectivity index (χ3n) is 4.17. The van der Waals surface area contributed by atoms with Gasteiger partial charge in [0.15, 0.2) is 0 Å². The fourth-order valence-electron chi connectivity index (χ4n) is 2.96. The molecule has 4 nitrogen and oxygen atoms in total. The zero-order chi connectivity index (χ0) is 15.5. The van der Waals surface area contributed by atoms with Crippen molar-refractivity contribution in [3.8, 4) is 0 Å². The Morgan fingerprint density at radius 1 is 1.39 bits per heavy atom. The topological polar surface area (TPSA) is 37.3 Å². The molecule has 0 spiro atoms. The van der Waals surface area contributed by atoms with E-state index in [1.807, 2.05) is 35.1 Å². The lowest BCUT2D eigenvalue weighted by Gasteiger charge is -2.36. The van der Waals surface area contributed by atoms with E-state index in [4.69, 9.17) is 11.6 Å². The molecule has 2 heterocycles. The van der Waals surface area contributed by atoms with E-state index in [1.54, 1.807) is 0 Å². The van der Waals surface area contributed by atoms with E-state index in [0.29, 0.717) is 6.04 Å². The quantitative estimate of drug-likeness (QED) is 0.894. The maximum absolute atomic E-state index is 11.8. The summed E-state index contributed by atoms with van der Waals surface area (Å²) in [5, 5.41) is 6.14. The molecule has 1 aliphatic rings. The summed E-state index contributed by atoms with van der Waals surface area (Å²) in [6, 6.07) is 8.37. The number of aryl methyl sites for hydroxylation is 1. The van der Waals surface area contributed by atoms with Crippen molar-refractivity contribution in [1.82, 2.24) is 14.8 Å². The molecule has 1 aromatic heterocycles. The van der Waals surface area contributed by atoms with Crippen LogP contribution in [0.4, 0.5) is 0 Å². The molecule has 1 aliphatic heterocycles. The van der Waals surface area contributed by atoms with E-state index in [0.717, 1.165) is 43.4 Å². The zero-order valence-corrected chi connectivity index (χ0v) is 15.4. The van der Waals surface area contributed by atoms with Crippen molar-refractivity contribution in [2.75, 3.05) is 26.2 Å². The van der Waals surface area contributed by atoms with Crippen LogP contribution in [0.15, 0.2) is 34.4 Å². The molecule has 0 bridgehead atoms. The minimum absolute atomic E-state index is 0. The number of hydrogen-bond donors (Lipinski definition) is 1. The molecule has 0 aliphatic carbocycles. The second-order valence-corrected chi connectivity index (χ2v) is 6.86. The Kier molecular flexibility index (Phi) is 6.68. The minimum atomic E-state index is 0. The molecule has 7 heteroatoms. The van der Waals surface area contributed by atoms with Crippen LogP contribution in [-0.2, 0) is 6.54 Å². The van der Waals surface area contributed by atoms with Gasteiger partial charge in [-0.3, -0.25) is 9.69 Å². The van der Waals surface area contributed by atoms with Crippen molar-refractivity contribution in [3.63, 3.8) is 0 Å². The Balaban J connectivity index is 0.00000192. The average Bonchev–Trinajstić information content (AvgIpc) is 2.84. The molecule has 1 saturated heterocycles. The first-order chi connectivity index (χ1) is 10.6. The normalized spacial score (nSPS) is 18.6. The summed E-state index contributed by atoms with van der Waals surface area (Å²) in [6.07, 6.45) is 0. The van der Waals surface area contributed by atoms with Gasteiger partial charge in [-0.1, -0.05) is 35.1 Å². The Labute approximate surface area is 151 Å². The zero-order valence-electron chi connectivity index (χ0n) is 13.0. The number of thiazole rings is 1. The van der Waals surface area contributed by atoms with Crippen LogP contribution in [0.3, 0.4) is 0 Å². The maximum Gasteiger partial charge on any atom is 0.307 e. The van der Waals surface area contributed by atoms with Gasteiger partial charge < -0.3 is 9.88 Å². The fourth-order valence-corrected chi connectivity index (χ4v) is 3.92. The smallest absolute Gasteiger partial charge is 0.307 e. The summed E-state index contributed by atoms with van der Waals surface area (Å²) in [5.41, 5.74) is 2.28. The van der Waals surface area contributed by atoms with Crippen LogP contribution in [0.2, 0.25) is 5.02 Å². The Morgan fingerprint density at radius 2 is 2.22 bits per heavy atom. The highest BCUT2D eigenvalue weighted by Gasteiger charge is 2.23. The van der Waals surface area contributed by atoms with E-state index < -0.39 is 0 Å². The van der Waals surface area contributed by atoms with Crippen LogP contribution >= 0.6 is 35.3 Å². The predicted molar refractivity (Wildman–Crippen MR) is 99.2 cm³/mol. The van der Waals surface area contributed by atoms with Crippen molar-refractivity contribution in [2.24, 2.45) is 0 Å². The lowest BCUT2D eigenvalue weighted by molar-refractivity contribution is 0.155. The number of nitrogens with one attached hydrogen (secondary N) is 1. The number of rotatable bonds is 4. The number of piperazine rings is 1. The molecule has 2 aromatic rings. The van der Waals surface area contributed by atoms with E-state index in [2.05, 4.69) is 16.3 Å². The van der Waals surface area contributed by atoms with Gasteiger partial charge in [0.05, 0.1) is 0 Å². The average molecular weight is 374 g/mol. The van der Waals surface area contributed by atoms with Gasteiger partial charge in [0.2, 0.25) is 0 Å². The Hall–Kier alpha value is -0.850. The van der Waals surface area contributed by atoms with Crippen LogP contribution in [-0.4, -0.2) is 35.6 Å². The molecule has 0 amide bonds. The van der Waals surface area contributed by atoms with Gasteiger partial charge in [-0.2, -0.15) is 0 Å². The lowest BCUT2D eigenvalue weighted by Crippen LogP contribution is -2.47. The van der Waals surface area contributed by atoms with Crippen LogP contribution < -0.4 is 10.2 Å². The summed E-state index contributed by atoms with van der Waals surface area (Å²) in [5.74, 6) is 0. The first-order valence-corrected chi connectivity index (χ1v) is 8.76. The number of benzene rings is 1. The fraction of sp³-hybridized carbons (Fsp3) is 0.438. The highest BCUT2D eigenvalue weighted by atomic mass is 35.5. The molecular formula is C16H21Cl2N3OS. The first kappa shape index (κ1) is 18.5. The van der Waals surface area contributed by atoms with E-state index >= 15 is 0 Å². The van der Waals surface area contributed by atoms with E-state index in [-0.39, 0.29) is 17.3 Å². The molecule has 1 aromatic carbocycles. The summed E-state index contributed by atoms with van der Waals surface area (Å²) < 4.78 is 1.86. The minimum Gasteiger partial charge on any atom is -0.314 e. The van der Waals surface area contributed by atoms with Crippen LogP contribution in [0.1, 0.15) is 17.3 Å². The SMILES string of the molecule is Cc1csc(=O)n1CCN1CCNCC1c1cccc(Cl)c1.Cl. The second kappa shape index (κ2) is 8.31.